The zero-order chi connectivity index (χ0) is 14.8. The van der Waals surface area contributed by atoms with Crippen molar-refractivity contribution in [1.82, 2.24) is 5.32 Å². The molecule has 20 heavy (non-hydrogen) atoms. The van der Waals surface area contributed by atoms with Gasteiger partial charge in [-0.3, -0.25) is 4.79 Å². The molecule has 1 unspecified atom stereocenters. The Labute approximate surface area is 122 Å². The van der Waals surface area contributed by atoms with Gasteiger partial charge in [-0.2, -0.15) is 0 Å². The van der Waals surface area contributed by atoms with Crippen molar-refractivity contribution in [2.75, 3.05) is 13.2 Å². The van der Waals surface area contributed by atoms with Gasteiger partial charge in [0.15, 0.2) is 0 Å². The van der Waals surface area contributed by atoms with Crippen molar-refractivity contribution in [1.29, 1.82) is 0 Å². The molecule has 1 atom stereocenters. The van der Waals surface area contributed by atoms with Crippen LogP contribution in [-0.4, -0.2) is 19.1 Å². The van der Waals surface area contributed by atoms with Gasteiger partial charge in [0, 0.05) is 12.5 Å². The molecule has 0 aliphatic heterocycles. The largest absolute Gasteiger partial charge is 0.466 e. The maximum atomic E-state index is 11.2. The number of hydrogen-bond donors (Lipinski definition) is 1. The summed E-state index contributed by atoms with van der Waals surface area (Å²) in [5.41, 5.74) is 2.69. The van der Waals surface area contributed by atoms with Gasteiger partial charge in [0.05, 0.1) is 6.61 Å². The fourth-order valence-electron chi connectivity index (χ4n) is 2.23. The number of rotatable bonds is 9. The fourth-order valence-corrected chi connectivity index (χ4v) is 2.23. The first-order valence-electron chi connectivity index (χ1n) is 7.69. The van der Waals surface area contributed by atoms with E-state index in [4.69, 9.17) is 4.74 Å². The molecule has 0 aliphatic carbocycles. The summed E-state index contributed by atoms with van der Waals surface area (Å²) in [6, 6.07) is 9.15. The van der Waals surface area contributed by atoms with Gasteiger partial charge in [-0.05, 0) is 43.9 Å². The highest BCUT2D eigenvalue weighted by Gasteiger charge is 2.08. The minimum atomic E-state index is -0.102. The average Bonchev–Trinajstić information content (AvgIpc) is 2.48. The number of esters is 1. The third-order valence-electron chi connectivity index (χ3n) is 3.45. The monoisotopic (exact) mass is 277 g/mol. The van der Waals surface area contributed by atoms with Gasteiger partial charge in [0.25, 0.3) is 0 Å². The van der Waals surface area contributed by atoms with Crippen LogP contribution in [0.1, 0.15) is 57.2 Å². The molecule has 0 bridgehead atoms. The predicted molar refractivity (Wildman–Crippen MR) is 82.7 cm³/mol. The molecule has 0 spiro atoms. The second-order valence-electron chi connectivity index (χ2n) is 4.92. The summed E-state index contributed by atoms with van der Waals surface area (Å²) < 4.78 is 4.92. The van der Waals surface area contributed by atoms with Crippen LogP contribution in [0.25, 0.3) is 0 Å². The van der Waals surface area contributed by atoms with Crippen molar-refractivity contribution in [2.45, 2.75) is 52.5 Å². The number of aryl methyl sites for hydroxylation is 1. The summed E-state index contributed by atoms with van der Waals surface area (Å²) in [7, 11) is 0. The molecule has 1 aromatic carbocycles. The van der Waals surface area contributed by atoms with Gasteiger partial charge in [-0.15, -0.1) is 0 Å². The molecule has 0 fully saturated rings. The van der Waals surface area contributed by atoms with Crippen LogP contribution in [0.5, 0.6) is 0 Å². The summed E-state index contributed by atoms with van der Waals surface area (Å²) in [5, 5.41) is 3.51. The van der Waals surface area contributed by atoms with Crippen LogP contribution in [0.4, 0.5) is 0 Å². The van der Waals surface area contributed by atoms with Crippen LogP contribution in [0.15, 0.2) is 24.3 Å². The van der Waals surface area contributed by atoms with E-state index < -0.39 is 0 Å². The first-order chi connectivity index (χ1) is 9.71. The fraction of sp³-hybridized carbons (Fsp3) is 0.588. The molecule has 0 saturated heterocycles. The van der Waals surface area contributed by atoms with Gasteiger partial charge in [0.1, 0.15) is 0 Å². The normalized spacial score (nSPS) is 12.2. The molecular formula is C17H27NO2. The van der Waals surface area contributed by atoms with Crippen LogP contribution in [-0.2, 0) is 16.0 Å². The van der Waals surface area contributed by atoms with Gasteiger partial charge in [-0.1, -0.05) is 38.1 Å². The van der Waals surface area contributed by atoms with Crippen LogP contribution in [0.3, 0.4) is 0 Å². The average molecular weight is 277 g/mol. The first-order valence-corrected chi connectivity index (χ1v) is 7.69. The van der Waals surface area contributed by atoms with E-state index in [1.165, 1.54) is 11.1 Å². The Morgan fingerprint density at radius 3 is 2.45 bits per heavy atom. The molecule has 0 aromatic heterocycles. The molecular weight excluding hydrogens is 250 g/mol. The molecule has 1 N–H and O–H groups in total. The van der Waals surface area contributed by atoms with Crippen molar-refractivity contribution in [3.8, 4) is 0 Å². The maximum absolute atomic E-state index is 11.2. The van der Waals surface area contributed by atoms with E-state index in [-0.39, 0.29) is 5.97 Å². The van der Waals surface area contributed by atoms with Gasteiger partial charge >= 0.3 is 5.97 Å². The Balaban J connectivity index is 2.37. The number of nitrogens with one attached hydrogen (secondary N) is 1. The quantitative estimate of drug-likeness (QED) is 0.553. The van der Waals surface area contributed by atoms with Crippen molar-refractivity contribution in [3.05, 3.63) is 35.4 Å². The minimum absolute atomic E-state index is 0.102. The van der Waals surface area contributed by atoms with Gasteiger partial charge in [-0.25, -0.2) is 0 Å². The van der Waals surface area contributed by atoms with Crippen molar-refractivity contribution in [3.63, 3.8) is 0 Å². The Morgan fingerprint density at radius 2 is 1.90 bits per heavy atom. The number of ether oxygens (including phenoxy) is 1. The second kappa shape index (κ2) is 9.54. The van der Waals surface area contributed by atoms with E-state index in [0.717, 1.165) is 25.8 Å². The third-order valence-corrected chi connectivity index (χ3v) is 3.45. The Morgan fingerprint density at radius 1 is 1.20 bits per heavy atom. The summed E-state index contributed by atoms with van der Waals surface area (Å²) in [6.07, 6.45) is 3.43. The highest BCUT2D eigenvalue weighted by Crippen LogP contribution is 2.17. The predicted octanol–water partition coefficient (Wildman–Crippen LogP) is 3.63. The number of carbonyl (C=O) groups excluding carboxylic acids is 1. The molecule has 3 heteroatoms. The molecule has 3 nitrogen and oxygen atoms in total. The Bertz CT molecular complexity index is 386. The summed E-state index contributed by atoms with van der Waals surface area (Å²) in [6.45, 7) is 7.49. The third kappa shape index (κ3) is 5.74. The van der Waals surface area contributed by atoms with E-state index in [1.54, 1.807) is 0 Å². The Kier molecular flexibility index (Phi) is 7.97. The molecule has 0 amide bonds. The van der Waals surface area contributed by atoms with Gasteiger partial charge in [0.2, 0.25) is 0 Å². The summed E-state index contributed by atoms with van der Waals surface area (Å²) >= 11 is 0. The SMILES string of the molecule is CCOC(=O)CCCNC(CC)c1ccc(CC)cc1. The van der Waals surface area contributed by atoms with E-state index >= 15 is 0 Å². The summed E-state index contributed by atoms with van der Waals surface area (Å²) in [4.78, 5) is 11.2. The lowest BCUT2D eigenvalue weighted by atomic mass is 10.0. The zero-order valence-corrected chi connectivity index (χ0v) is 12.9. The molecule has 0 radical (unpaired) electrons. The molecule has 1 rings (SSSR count). The van der Waals surface area contributed by atoms with Crippen molar-refractivity contribution >= 4 is 5.97 Å². The van der Waals surface area contributed by atoms with E-state index in [1.807, 2.05) is 6.92 Å². The van der Waals surface area contributed by atoms with E-state index in [0.29, 0.717) is 19.1 Å². The lowest BCUT2D eigenvalue weighted by molar-refractivity contribution is -0.143. The van der Waals surface area contributed by atoms with Crippen LogP contribution < -0.4 is 5.32 Å². The Hall–Kier alpha value is -1.35. The molecule has 0 heterocycles. The molecule has 112 valence electrons. The number of hydrogen-bond acceptors (Lipinski definition) is 3. The number of carbonyl (C=O) groups is 1. The number of benzene rings is 1. The van der Waals surface area contributed by atoms with E-state index in [9.17, 15) is 4.79 Å². The lowest BCUT2D eigenvalue weighted by Crippen LogP contribution is -2.22. The van der Waals surface area contributed by atoms with E-state index in [2.05, 4.69) is 43.4 Å². The second-order valence-corrected chi connectivity index (χ2v) is 4.92. The molecule has 1 aromatic rings. The highest BCUT2D eigenvalue weighted by atomic mass is 16.5. The lowest BCUT2D eigenvalue weighted by Gasteiger charge is -2.17. The van der Waals surface area contributed by atoms with Crippen LogP contribution >= 0.6 is 0 Å². The van der Waals surface area contributed by atoms with Crippen molar-refractivity contribution < 1.29 is 9.53 Å². The minimum Gasteiger partial charge on any atom is -0.466 e. The zero-order valence-electron chi connectivity index (χ0n) is 12.9. The topological polar surface area (TPSA) is 38.3 Å². The first kappa shape index (κ1) is 16.7. The molecule has 0 aliphatic rings. The van der Waals surface area contributed by atoms with Crippen LogP contribution in [0, 0.1) is 0 Å². The maximum Gasteiger partial charge on any atom is 0.305 e. The smallest absolute Gasteiger partial charge is 0.305 e. The standard InChI is InChI=1S/C17H27NO2/c1-4-14-9-11-15(12-10-14)16(5-2)18-13-7-8-17(19)20-6-3/h9-12,16,18H,4-8,13H2,1-3H3. The summed E-state index contributed by atoms with van der Waals surface area (Å²) in [5.74, 6) is -0.102. The van der Waals surface area contributed by atoms with Crippen LogP contribution in [0.2, 0.25) is 0 Å². The van der Waals surface area contributed by atoms with Gasteiger partial charge < -0.3 is 10.1 Å². The molecule has 0 saturated carbocycles. The van der Waals surface area contributed by atoms with Crippen molar-refractivity contribution in [2.24, 2.45) is 0 Å². The highest BCUT2D eigenvalue weighted by molar-refractivity contribution is 5.69.